The third kappa shape index (κ3) is 8.75. The van der Waals surface area contributed by atoms with Gasteiger partial charge in [0.1, 0.15) is 17.2 Å². The molecule has 2 aromatic heterocycles. The second kappa shape index (κ2) is 16.0. The molecule has 9 nitrogen and oxygen atoms in total. The van der Waals surface area contributed by atoms with Crippen LogP contribution in [0.2, 0.25) is 0 Å². The van der Waals surface area contributed by atoms with Crippen molar-refractivity contribution >= 4 is 44.4 Å². The summed E-state index contributed by atoms with van der Waals surface area (Å²) >= 11 is 1.45. The maximum absolute atomic E-state index is 13.8. The van der Waals surface area contributed by atoms with E-state index in [0.717, 1.165) is 76.7 Å². The summed E-state index contributed by atoms with van der Waals surface area (Å²) in [5, 5.41) is 12.6. The predicted molar refractivity (Wildman–Crippen MR) is 204 cm³/mol. The van der Waals surface area contributed by atoms with Gasteiger partial charge < -0.3 is 19.5 Å². The minimum absolute atomic E-state index is 0.204. The van der Waals surface area contributed by atoms with E-state index in [4.69, 9.17) is 19.6 Å². The Bertz CT molecular complexity index is 1980. The predicted octanol–water partition coefficient (Wildman–Crippen LogP) is 8.76. The number of ether oxygens (including phenoxy) is 2. The van der Waals surface area contributed by atoms with E-state index in [-0.39, 0.29) is 18.2 Å². The average molecular weight is 707 g/mol. The van der Waals surface area contributed by atoms with Gasteiger partial charge in [-0.1, -0.05) is 67.0 Å². The Balaban J connectivity index is 1.25. The van der Waals surface area contributed by atoms with Crippen molar-refractivity contribution in [2.75, 3.05) is 30.0 Å². The molecule has 1 amide bonds. The van der Waals surface area contributed by atoms with Gasteiger partial charge in [-0.05, 0) is 106 Å². The van der Waals surface area contributed by atoms with Crippen LogP contribution < -0.4 is 15.0 Å². The van der Waals surface area contributed by atoms with Crippen LogP contribution in [0.1, 0.15) is 90.4 Å². The van der Waals surface area contributed by atoms with Crippen molar-refractivity contribution in [2.24, 2.45) is 0 Å². The second-order valence-corrected chi connectivity index (χ2v) is 14.9. The molecule has 2 N–H and O–H groups in total. The molecule has 3 heterocycles. The summed E-state index contributed by atoms with van der Waals surface area (Å²) in [5.74, 6) is 0.704. The maximum Gasteiger partial charge on any atom is 0.358 e. The fraction of sp³-hybridized carbons (Fsp3) is 0.366. The Morgan fingerprint density at radius 1 is 0.902 bits per heavy atom. The quantitative estimate of drug-likeness (QED) is 0.0923. The van der Waals surface area contributed by atoms with E-state index in [9.17, 15) is 9.59 Å². The summed E-state index contributed by atoms with van der Waals surface area (Å²) < 4.78 is 13.1. The van der Waals surface area contributed by atoms with Gasteiger partial charge in [0.2, 0.25) is 0 Å². The van der Waals surface area contributed by atoms with Crippen molar-refractivity contribution in [3.8, 4) is 16.9 Å². The van der Waals surface area contributed by atoms with Gasteiger partial charge in [0.05, 0.1) is 16.8 Å². The standard InChI is InChI=1S/C41H46N4O5S/c1-27-29(15-13-18-34(27)49-25-11-7-5-6-10-24-46)30-20-21-36(43-37(30)39(48)50-41(2,3)4)45-23-22-28-14-12-16-31(32(28)26-45)38(47)44-40-42-33-17-8-9-19-35(33)51-40/h8-9,12-21,46H,5-7,10-11,22-26H2,1-4H3,(H,42,44,47). The van der Waals surface area contributed by atoms with Crippen LogP contribution in [0.5, 0.6) is 5.75 Å². The van der Waals surface area contributed by atoms with Gasteiger partial charge in [0.25, 0.3) is 5.91 Å². The molecule has 266 valence electrons. The van der Waals surface area contributed by atoms with E-state index < -0.39 is 11.6 Å². The number of nitrogens with one attached hydrogen (secondary N) is 1. The molecule has 0 radical (unpaired) electrons. The molecule has 1 aliphatic heterocycles. The number of amides is 1. The molecule has 0 saturated carbocycles. The number of aliphatic hydroxyl groups excluding tert-OH is 1. The second-order valence-electron chi connectivity index (χ2n) is 13.9. The Hall–Kier alpha value is -4.80. The Kier molecular flexibility index (Phi) is 11.3. The summed E-state index contributed by atoms with van der Waals surface area (Å²) in [6, 6.07) is 23.4. The van der Waals surface area contributed by atoms with E-state index in [1.165, 1.54) is 11.3 Å². The Labute approximate surface area is 303 Å². The first-order chi connectivity index (χ1) is 24.6. The number of anilines is 2. The molecule has 0 spiro atoms. The monoisotopic (exact) mass is 706 g/mol. The molecule has 10 heteroatoms. The number of hydrogen-bond acceptors (Lipinski definition) is 9. The molecular formula is C41H46N4O5S. The average Bonchev–Trinajstić information content (AvgIpc) is 3.53. The molecule has 0 saturated heterocycles. The van der Waals surface area contributed by atoms with Gasteiger partial charge in [-0.15, -0.1) is 0 Å². The topological polar surface area (TPSA) is 114 Å². The van der Waals surface area contributed by atoms with E-state index in [1.54, 1.807) is 0 Å². The lowest BCUT2D eigenvalue weighted by Gasteiger charge is -2.31. The van der Waals surface area contributed by atoms with E-state index in [1.807, 2.05) is 94.4 Å². The first kappa shape index (κ1) is 36.0. The van der Waals surface area contributed by atoms with Crippen molar-refractivity contribution in [3.63, 3.8) is 0 Å². The fourth-order valence-electron chi connectivity index (χ4n) is 6.39. The number of para-hydroxylation sites is 1. The smallest absolute Gasteiger partial charge is 0.358 e. The van der Waals surface area contributed by atoms with Gasteiger partial charge >= 0.3 is 5.97 Å². The SMILES string of the molecule is Cc1c(OCCCCCCCO)cccc1-c1ccc(N2CCc3cccc(C(=O)Nc4nc5ccccc5s4)c3C2)nc1C(=O)OC(C)(C)C. The highest BCUT2D eigenvalue weighted by atomic mass is 32.1. The van der Waals surface area contributed by atoms with Crippen molar-refractivity contribution < 1.29 is 24.2 Å². The molecule has 0 bridgehead atoms. The van der Waals surface area contributed by atoms with Crippen LogP contribution >= 0.6 is 11.3 Å². The van der Waals surface area contributed by atoms with Gasteiger partial charge in [-0.2, -0.15) is 0 Å². The molecule has 51 heavy (non-hydrogen) atoms. The van der Waals surface area contributed by atoms with Crippen LogP contribution in [-0.4, -0.2) is 52.3 Å². The van der Waals surface area contributed by atoms with Gasteiger partial charge in [0, 0.05) is 30.8 Å². The normalized spacial score (nSPS) is 12.8. The minimum atomic E-state index is -0.710. The van der Waals surface area contributed by atoms with Crippen LogP contribution in [-0.2, 0) is 17.7 Å². The third-order valence-electron chi connectivity index (χ3n) is 8.96. The largest absolute Gasteiger partial charge is 0.493 e. The van der Waals surface area contributed by atoms with Crippen molar-refractivity contribution in [2.45, 2.75) is 78.4 Å². The van der Waals surface area contributed by atoms with Gasteiger partial charge in [-0.3, -0.25) is 10.1 Å². The zero-order valence-corrected chi connectivity index (χ0v) is 30.6. The molecule has 5 aromatic rings. The number of rotatable bonds is 13. The number of fused-ring (bicyclic) bond motifs is 2. The van der Waals surface area contributed by atoms with Crippen LogP contribution in [0.4, 0.5) is 10.9 Å². The molecule has 6 rings (SSSR count). The van der Waals surface area contributed by atoms with Crippen LogP contribution in [0.15, 0.2) is 72.8 Å². The zero-order chi connectivity index (χ0) is 36.0. The maximum atomic E-state index is 13.8. The molecule has 0 fully saturated rings. The summed E-state index contributed by atoms with van der Waals surface area (Å²) in [6.45, 7) is 9.51. The van der Waals surface area contributed by atoms with Crippen molar-refractivity contribution in [1.29, 1.82) is 0 Å². The lowest BCUT2D eigenvalue weighted by atomic mass is 9.94. The summed E-state index contributed by atoms with van der Waals surface area (Å²) in [4.78, 5) is 39.1. The zero-order valence-electron chi connectivity index (χ0n) is 29.8. The summed E-state index contributed by atoms with van der Waals surface area (Å²) in [7, 11) is 0. The molecule has 3 aromatic carbocycles. The summed E-state index contributed by atoms with van der Waals surface area (Å²) in [5.41, 5.74) is 5.47. The lowest BCUT2D eigenvalue weighted by Crippen LogP contribution is -2.33. The number of thiazole rings is 1. The van der Waals surface area contributed by atoms with Gasteiger partial charge in [0.15, 0.2) is 10.8 Å². The molecular weight excluding hydrogens is 661 g/mol. The van der Waals surface area contributed by atoms with Crippen LogP contribution in [0.25, 0.3) is 21.3 Å². The van der Waals surface area contributed by atoms with Gasteiger partial charge in [-0.25, -0.2) is 14.8 Å². The lowest BCUT2D eigenvalue weighted by molar-refractivity contribution is 0.00637. The molecule has 0 unspecified atom stereocenters. The highest BCUT2D eigenvalue weighted by Gasteiger charge is 2.28. The first-order valence-corrected chi connectivity index (χ1v) is 18.5. The Morgan fingerprint density at radius 2 is 1.69 bits per heavy atom. The number of unbranched alkanes of at least 4 members (excludes halogenated alkanes) is 4. The van der Waals surface area contributed by atoms with E-state index in [0.29, 0.717) is 41.8 Å². The number of benzene rings is 3. The number of esters is 1. The van der Waals surface area contributed by atoms with Crippen molar-refractivity contribution in [3.05, 3.63) is 101 Å². The number of aliphatic hydroxyl groups is 1. The number of nitrogens with zero attached hydrogens (tertiary/aromatic N) is 3. The fourth-order valence-corrected chi connectivity index (χ4v) is 7.25. The first-order valence-electron chi connectivity index (χ1n) is 17.7. The molecule has 0 aliphatic carbocycles. The highest BCUT2D eigenvalue weighted by molar-refractivity contribution is 7.22. The Morgan fingerprint density at radius 3 is 2.49 bits per heavy atom. The number of hydrogen-bond donors (Lipinski definition) is 2. The number of aromatic nitrogens is 2. The highest BCUT2D eigenvalue weighted by Crippen LogP contribution is 2.35. The third-order valence-corrected chi connectivity index (χ3v) is 9.91. The number of carbonyl (C=O) groups is 2. The molecule has 1 aliphatic rings. The van der Waals surface area contributed by atoms with Crippen LogP contribution in [0.3, 0.4) is 0 Å². The number of pyridine rings is 1. The van der Waals surface area contributed by atoms with Crippen molar-refractivity contribution in [1.82, 2.24) is 9.97 Å². The van der Waals surface area contributed by atoms with Crippen LogP contribution in [0, 0.1) is 6.92 Å². The number of carbonyl (C=O) groups excluding carboxylic acids is 2. The molecule has 0 atom stereocenters. The summed E-state index contributed by atoms with van der Waals surface area (Å²) in [6.07, 6.45) is 5.63. The minimum Gasteiger partial charge on any atom is -0.493 e. The van der Waals surface area contributed by atoms with E-state index >= 15 is 0 Å². The van der Waals surface area contributed by atoms with E-state index in [2.05, 4.69) is 21.3 Å².